The van der Waals surface area contributed by atoms with E-state index in [9.17, 15) is 19.5 Å². The van der Waals surface area contributed by atoms with Gasteiger partial charge in [0.2, 0.25) is 5.91 Å². The highest BCUT2D eigenvalue weighted by Gasteiger charge is 2.30. The average Bonchev–Trinajstić information content (AvgIpc) is 3.42. The van der Waals surface area contributed by atoms with Gasteiger partial charge >= 0.3 is 12.1 Å². The molecule has 0 bridgehead atoms. The number of carbonyl (C=O) groups is 3. The van der Waals surface area contributed by atoms with Gasteiger partial charge in [-0.1, -0.05) is 74.5 Å². The highest BCUT2D eigenvalue weighted by atomic mass is 16.5. The molecule has 0 radical (unpaired) electrons. The van der Waals surface area contributed by atoms with Crippen LogP contribution in [0.1, 0.15) is 43.7 Å². The fourth-order valence-electron chi connectivity index (χ4n) is 4.99. The molecule has 0 aliphatic heterocycles. The van der Waals surface area contributed by atoms with E-state index in [1.807, 2.05) is 38.1 Å². The van der Waals surface area contributed by atoms with Crippen molar-refractivity contribution in [2.75, 3.05) is 13.2 Å². The van der Waals surface area contributed by atoms with Crippen molar-refractivity contribution in [3.63, 3.8) is 0 Å². The number of carboxylic acids is 1. The zero-order chi connectivity index (χ0) is 24.9. The number of fused-ring (bicyclic) bond motifs is 3. The predicted molar refractivity (Wildman–Crippen MR) is 133 cm³/mol. The van der Waals surface area contributed by atoms with Crippen LogP contribution in [-0.2, 0) is 14.3 Å². The lowest BCUT2D eigenvalue weighted by Gasteiger charge is -2.18. The molecule has 3 unspecified atom stereocenters. The van der Waals surface area contributed by atoms with Gasteiger partial charge in [-0.05, 0) is 41.0 Å². The molecule has 2 aromatic rings. The topological polar surface area (TPSA) is 105 Å². The van der Waals surface area contributed by atoms with Crippen LogP contribution in [-0.4, -0.2) is 42.3 Å². The first-order valence-corrected chi connectivity index (χ1v) is 12.1. The van der Waals surface area contributed by atoms with Gasteiger partial charge in [-0.2, -0.15) is 0 Å². The maximum atomic E-state index is 12.5. The van der Waals surface area contributed by atoms with E-state index in [-0.39, 0.29) is 36.9 Å². The maximum absolute atomic E-state index is 12.5. The van der Waals surface area contributed by atoms with Crippen LogP contribution in [0, 0.1) is 17.8 Å². The Morgan fingerprint density at radius 1 is 1.00 bits per heavy atom. The molecule has 0 fully saturated rings. The smallest absolute Gasteiger partial charge is 0.407 e. The molecule has 7 nitrogen and oxygen atoms in total. The number of carboxylic acid groups (broad SMARTS) is 1. The standard InChI is InChI=1S/C28H32N2O5/c1-17(2)13-19(27(32)33)15-29-26(31)18-11-12-20(14-18)30-28(34)35-16-25-23-9-5-3-7-21(23)22-8-4-6-10-24(22)25/h3-12,17-20,25H,13-16H2,1-2H3,(H,29,31)(H,30,34)(H,32,33). The summed E-state index contributed by atoms with van der Waals surface area (Å²) >= 11 is 0. The number of benzene rings is 2. The van der Waals surface area contributed by atoms with Gasteiger partial charge in [0.25, 0.3) is 0 Å². The highest BCUT2D eigenvalue weighted by Crippen LogP contribution is 2.44. The molecule has 2 aromatic carbocycles. The van der Waals surface area contributed by atoms with Gasteiger partial charge in [-0.25, -0.2) is 4.79 Å². The summed E-state index contributed by atoms with van der Waals surface area (Å²) in [5.41, 5.74) is 4.64. The van der Waals surface area contributed by atoms with Crippen molar-refractivity contribution < 1.29 is 24.2 Å². The zero-order valence-electron chi connectivity index (χ0n) is 20.1. The summed E-state index contributed by atoms with van der Waals surface area (Å²) < 4.78 is 5.59. The molecular weight excluding hydrogens is 444 g/mol. The Balaban J connectivity index is 1.26. The number of hydrogen-bond donors (Lipinski definition) is 3. The third-order valence-corrected chi connectivity index (χ3v) is 6.70. The quantitative estimate of drug-likeness (QED) is 0.467. The van der Waals surface area contributed by atoms with Crippen LogP contribution < -0.4 is 10.6 Å². The molecule has 4 rings (SSSR count). The van der Waals surface area contributed by atoms with Crippen molar-refractivity contribution in [1.29, 1.82) is 0 Å². The van der Waals surface area contributed by atoms with Crippen LogP contribution >= 0.6 is 0 Å². The summed E-state index contributed by atoms with van der Waals surface area (Å²) in [6, 6.07) is 16.0. The van der Waals surface area contributed by atoms with Crippen LogP contribution in [0.15, 0.2) is 60.7 Å². The second-order valence-corrected chi connectivity index (χ2v) is 9.71. The van der Waals surface area contributed by atoms with Crippen LogP contribution in [0.25, 0.3) is 11.1 Å². The van der Waals surface area contributed by atoms with Gasteiger partial charge < -0.3 is 20.5 Å². The van der Waals surface area contributed by atoms with Crippen LogP contribution in [0.2, 0.25) is 0 Å². The van der Waals surface area contributed by atoms with E-state index in [0.29, 0.717) is 12.8 Å². The number of nitrogens with one attached hydrogen (secondary N) is 2. The molecule has 184 valence electrons. The Kier molecular flexibility index (Phi) is 7.54. The molecule has 3 N–H and O–H groups in total. The number of hydrogen-bond acceptors (Lipinski definition) is 4. The van der Waals surface area contributed by atoms with E-state index in [4.69, 9.17) is 4.74 Å². The van der Waals surface area contributed by atoms with E-state index in [2.05, 4.69) is 34.9 Å². The molecule has 2 amide bonds. The van der Waals surface area contributed by atoms with Crippen molar-refractivity contribution in [3.8, 4) is 11.1 Å². The van der Waals surface area contributed by atoms with Gasteiger partial charge in [0.15, 0.2) is 0 Å². The van der Waals surface area contributed by atoms with Crippen LogP contribution in [0.4, 0.5) is 4.79 Å². The minimum atomic E-state index is -0.907. The van der Waals surface area contributed by atoms with E-state index in [1.54, 1.807) is 12.2 Å². The third-order valence-electron chi connectivity index (χ3n) is 6.70. The normalized spacial score (nSPS) is 19.2. The molecule has 2 aliphatic carbocycles. The first-order valence-electron chi connectivity index (χ1n) is 12.1. The third kappa shape index (κ3) is 5.73. The lowest BCUT2D eigenvalue weighted by Crippen LogP contribution is -2.38. The number of amides is 2. The molecule has 0 saturated heterocycles. The maximum Gasteiger partial charge on any atom is 0.407 e. The molecule has 7 heteroatoms. The van der Waals surface area contributed by atoms with Crippen molar-refractivity contribution in [2.45, 2.75) is 38.6 Å². The van der Waals surface area contributed by atoms with Crippen molar-refractivity contribution in [1.82, 2.24) is 10.6 Å². The Hall–Kier alpha value is -3.61. The van der Waals surface area contributed by atoms with Gasteiger partial charge in [0.1, 0.15) is 6.61 Å². The van der Waals surface area contributed by atoms with E-state index in [1.165, 1.54) is 11.1 Å². The fraction of sp³-hybridized carbons (Fsp3) is 0.393. The molecular formula is C28H32N2O5. The van der Waals surface area contributed by atoms with Crippen LogP contribution in [0.3, 0.4) is 0 Å². The molecule has 0 spiro atoms. The molecule has 2 aliphatic rings. The van der Waals surface area contributed by atoms with E-state index in [0.717, 1.165) is 11.1 Å². The van der Waals surface area contributed by atoms with Gasteiger partial charge in [0.05, 0.1) is 17.9 Å². The summed E-state index contributed by atoms with van der Waals surface area (Å²) in [5, 5.41) is 14.9. The first kappa shape index (κ1) is 24.5. The number of ether oxygens (including phenoxy) is 1. The summed E-state index contributed by atoms with van der Waals surface area (Å²) in [6.07, 6.45) is 3.93. The number of carbonyl (C=O) groups excluding carboxylic acids is 2. The number of alkyl carbamates (subject to hydrolysis) is 1. The Labute approximate surface area is 205 Å². The molecule has 35 heavy (non-hydrogen) atoms. The predicted octanol–water partition coefficient (Wildman–Crippen LogP) is 4.33. The minimum absolute atomic E-state index is 0.0150. The highest BCUT2D eigenvalue weighted by molar-refractivity contribution is 5.82. The van der Waals surface area contributed by atoms with Gasteiger partial charge in [-0.3, -0.25) is 9.59 Å². The lowest BCUT2D eigenvalue weighted by molar-refractivity contribution is -0.142. The summed E-state index contributed by atoms with van der Waals surface area (Å²) in [5.74, 6) is -1.95. The Morgan fingerprint density at radius 3 is 2.23 bits per heavy atom. The second kappa shape index (κ2) is 10.8. The second-order valence-electron chi connectivity index (χ2n) is 9.71. The number of aliphatic carboxylic acids is 1. The largest absolute Gasteiger partial charge is 0.481 e. The SMILES string of the molecule is CC(C)CC(CNC(=O)C1C=CC(NC(=O)OCC2c3ccccc3-c3ccccc32)C1)C(=O)O. The molecule has 3 atom stereocenters. The summed E-state index contributed by atoms with van der Waals surface area (Å²) in [6.45, 7) is 4.24. The Bertz CT molecular complexity index is 1080. The molecule has 0 heterocycles. The van der Waals surface area contributed by atoms with Crippen molar-refractivity contribution in [3.05, 3.63) is 71.8 Å². The van der Waals surface area contributed by atoms with E-state index < -0.39 is 23.9 Å². The van der Waals surface area contributed by atoms with Crippen molar-refractivity contribution in [2.24, 2.45) is 17.8 Å². The van der Waals surface area contributed by atoms with Gasteiger partial charge in [-0.15, -0.1) is 0 Å². The zero-order valence-corrected chi connectivity index (χ0v) is 20.1. The molecule has 0 aromatic heterocycles. The summed E-state index contributed by atoms with van der Waals surface area (Å²) in [7, 11) is 0. The van der Waals surface area contributed by atoms with Crippen LogP contribution in [0.5, 0.6) is 0 Å². The van der Waals surface area contributed by atoms with Gasteiger partial charge in [0, 0.05) is 12.5 Å². The monoisotopic (exact) mass is 476 g/mol. The van der Waals surface area contributed by atoms with E-state index >= 15 is 0 Å². The average molecular weight is 477 g/mol. The first-order chi connectivity index (χ1) is 16.8. The number of rotatable bonds is 9. The summed E-state index contributed by atoms with van der Waals surface area (Å²) in [4.78, 5) is 36.4. The Morgan fingerprint density at radius 2 is 1.63 bits per heavy atom. The molecule has 0 saturated carbocycles. The fourth-order valence-corrected chi connectivity index (χ4v) is 4.99. The van der Waals surface area contributed by atoms with Crippen molar-refractivity contribution >= 4 is 18.0 Å². The lowest BCUT2D eigenvalue weighted by atomic mass is 9.97. The minimum Gasteiger partial charge on any atom is -0.481 e.